The van der Waals surface area contributed by atoms with Crippen molar-refractivity contribution in [3.63, 3.8) is 0 Å². The SMILES string of the molecule is CC(C)(C)OC(=O)N1[C@@H]2CNC(=S)[C@H]1C2. The van der Waals surface area contributed by atoms with E-state index in [9.17, 15) is 4.79 Å². The van der Waals surface area contributed by atoms with Crippen LogP contribution in [0.1, 0.15) is 27.2 Å². The second kappa shape index (κ2) is 3.33. The van der Waals surface area contributed by atoms with Gasteiger partial charge in [0.15, 0.2) is 0 Å². The first-order valence-electron chi connectivity index (χ1n) is 5.17. The van der Waals surface area contributed by atoms with Crippen molar-refractivity contribution in [1.82, 2.24) is 10.2 Å². The fourth-order valence-corrected chi connectivity index (χ4v) is 2.24. The van der Waals surface area contributed by atoms with Crippen LogP contribution in [0, 0.1) is 0 Å². The lowest BCUT2D eigenvalue weighted by molar-refractivity contribution is -0.0206. The monoisotopic (exact) mass is 228 g/mol. The van der Waals surface area contributed by atoms with Crippen molar-refractivity contribution in [2.45, 2.75) is 44.9 Å². The molecule has 0 aromatic heterocycles. The van der Waals surface area contributed by atoms with Gasteiger partial charge >= 0.3 is 6.09 Å². The van der Waals surface area contributed by atoms with Crippen LogP contribution in [-0.2, 0) is 4.74 Å². The standard InChI is InChI=1S/C10H16N2O2S/c1-10(2,3)14-9(13)12-6-4-7(12)8(15)11-5-6/h6-7H,4-5H2,1-3H3,(H,11,15)/t6-,7+/m0/s1. The summed E-state index contributed by atoms with van der Waals surface area (Å²) < 4.78 is 5.33. The minimum atomic E-state index is -0.435. The Balaban J connectivity index is 2.01. The van der Waals surface area contributed by atoms with Gasteiger partial charge in [0.05, 0.1) is 17.1 Å². The van der Waals surface area contributed by atoms with Crippen LogP contribution < -0.4 is 5.32 Å². The van der Waals surface area contributed by atoms with Crippen LogP contribution in [-0.4, -0.2) is 40.2 Å². The van der Waals surface area contributed by atoms with E-state index in [2.05, 4.69) is 5.32 Å². The van der Waals surface area contributed by atoms with Gasteiger partial charge in [-0.05, 0) is 27.2 Å². The lowest BCUT2D eigenvalue weighted by Gasteiger charge is -2.52. The van der Waals surface area contributed by atoms with E-state index in [1.54, 1.807) is 4.90 Å². The van der Waals surface area contributed by atoms with Crippen molar-refractivity contribution < 1.29 is 9.53 Å². The Morgan fingerprint density at radius 1 is 1.60 bits per heavy atom. The predicted molar refractivity (Wildman–Crippen MR) is 60.9 cm³/mol. The number of hydrogen-bond acceptors (Lipinski definition) is 3. The van der Waals surface area contributed by atoms with Gasteiger partial charge in [-0.15, -0.1) is 0 Å². The number of rotatable bonds is 0. The molecule has 1 amide bonds. The number of nitrogens with one attached hydrogen (secondary N) is 1. The molecule has 84 valence electrons. The summed E-state index contributed by atoms with van der Waals surface area (Å²) in [4.78, 5) is 14.3. The van der Waals surface area contributed by atoms with Crippen LogP contribution in [0.3, 0.4) is 0 Å². The number of hydrogen-bond donors (Lipinski definition) is 1. The molecule has 0 aromatic rings. The fraction of sp³-hybridized carbons (Fsp3) is 0.800. The zero-order valence-corrected chi connectivity index (χ0v) is 10.1. The van der Waals surface area contributed by atoms with Crippen molar-refractivity contribution in [3.8, 4) is 0 Å². The van der Waals surface area contributed by atoms with Crippen molar-refractivity contribution in [2.24, 2.45) is 0 Å². The molecule has 3 rings (SSSR count). The highest BCUT2D eigenvalue weighted by atomic mass is 32.1. The number of piperazine rings is 1. The highest BCUT2D eigenvalue weighted by molar-refractivity contribution is 7.80. The maximum atomic E-state index is 11.8. The Hall–Kier alpha value is -0.840. The minimum Gasteiger partial charge on any atom is -0.444 e. The molecule has 2 bridgehead atoms. The number of piperidine rings is 1. The van der Waals surface area contributed by atoms with E-state index in [-0.39, 0.29) is 18.2 Å². The number of thiocarbonyl (C=S) groups is 1. The molecule has 0 aromatic carbocycles. The molecular formula is C10H16N2O2S. The molecule has 3 fully saturated rings. The Morgan fingerprint density at radius 2 is 2.27 bits per heavy atom. The molecule has 1 N–H and O–H groups in total. The molecule has 3 aliphatic heterocycles. The second-order valence-electron chi connectivity index (χ2n) is 5.04. The number of fused-ring (bicyclic) bond motifs is 2. The summed E-state index contributed by atoms with van der Waals surface area (Å²) in [5.41, 5.74) is -0.435. The Bertz CT molecular complexity index is 309. The van der Waals surface area contributed by atoms with Gasteiger partial charge < -0.3 is 10.1 Å². The van der Waals surface area contributed by atoms with Crippen LogP contribution in [0.15, 0.2) is 0 Å². The molecule has 0 unspecified atom stereocenters. The first-order valence-corrected chi connectivity index (χ1v) is 5.58. The Kier molecular flexibility index (Phi) is 2.37. The molecule has 0 spiro atoms. The molecular weight excluding hydrogens is 212 g/mol. The quantitative estimate of drug-likeness (QED) is 0.634. The van der Waals surface area contributed by atoms with Crippen molar-refractivity contribution in [2.75, 3.05) is 6.54 Å². The van der Waals surface area contributed by atoms with Gasteiger partial charge in [0.1, 0.15) is 5.60 Å². The summed E-state index contributed by atoms with van der Waals surface area (Å²) in [5, 5.41) is 3.11. The van der Waals surface area contributed by atoms with Crippen LogP contribution in [0.5, 0.6) is 0 Å². The van der Waals surface area contributed by atoms with E-state index >= 15 is 0 Å². The van der Waals surface area contributed by atoms with E-state index in [0.29, 0.717) is 0 Å². The lowest BCUT2D eigenvalue weighted by Crippen LogP contribution is -2.71. The third-order valence-corrected chi connectivity index (χ3v) is 3.06. The van der Waals surface area contributed by atoms with Gasteiger partial charge in [-0.3, -0.25) is 4.90 Å². The topological polar surface area (TPSA) is 41.6 Å². The van der Waals surface area contributed by atoms with Crippen LogP contribution >= 0.6 is 12.2 Å². The summed E-state index contributed by atoms with van der Waals surface area (Å²) >= 11 is 5.14. The maximum Gasteiger partial charge on any atom is 0.411 e. The Labute approximate surface area is 95.0 Å². The van der Waals surface area contributed by atoms with Gasteiger partial charge in [-0.2, -0.15) is 0 Å². The molecule has 3 heterocycles. The third kappa shape index (κ3) is 1.93. The fourth-order valence-electron chi connectivity index (χ4n) is 1.94. The molecule has 15 heavy (non-hydrogen) atoms. The molecule has 5 heteroatoms. The average molecular weight is 228 g/mol. The zero-order valence-electron chi connectivity index (χ0n) is 9.24. The smallest absolute Gasteiger partial charge is 0.411 e. The number of amides is 1. The normalized spacial score (nSPS) is 29.3. The number of carbonyl (C=O) groups is 1. The van der Waals surface area contributed by atoms with E-state index < -0.39 is 5.60 Å². The molecule has 0 radical (unpaired) electrons. The number of nitrogens with zero attached hydrogens (tertiary/aromatic N) is 1. The molecule has 3 saturated heterocycles. The largest absolute Gasteiger partial charge is 0.444 e. The van der Waals surface area contributed by atoms with Crippen molar-refractivity contribution in [3.05, 3.63) is 0 Å². The van der Waals surface area contributed by atoms with E-state index in [1.807, 2.05) is 20.8 Å². The minimum absolute atomic E-state index is 0.0635. The summed E-state index contributed by atoms with van der Waals surface area (Å²) in [6.45, 7) is 6.37. The highest BCUT2D eigenvalue weighted by Crippen LogP contribution is 2.31. The molecule has 0 aliphatic carbocycles. The van der Waals surface area contributed by atoms with E-state index in [0.717, 1.165) is 18.0 Å². The van der Waals surface area contributed by atoms with Gasteiger partial charge in [0.25, 0.3) is 0 Å². The molecule has 3 aliphatic rings. The third-order valence-electron chi connectivity index (χ3n) is 2.64. The van der Waals surface area contributed by atoms with Crippen LogP contribution in [0.25, 0.3) is 0 Å². The average Bonchev–Trinajstić information content (AvgIpc) is 1.98. The zero-order chi connectivity index (χ0) is 11.2. The van der Waals surface area contributed by atoms with Crippen LogP contribution in [0.4, 0.5) is 4.79 Å². The highest BCUT2D eigenvalue weighted by Gasteiger charge is 2.48. The summed E-state index contributed by atoms with van der Waals surface area (Å²) in [5.74, 6) is 0. The van der Waals surface area contributed by atoms with Gasteiger partial charge in [-0.1, -0.05) is 12.2 Å². The van der Waals surface area contributed by atoms with E-state index in [1.165, 1.54) is 0 Å². The number of ether oxygens (including phenoxy) is 1. The summed E-state index contributed by atoms with van der Waals surface area (Å²) in [6, 6.07) is 0.324. The summed E-state index contributed by atoms with van der Waals surface area (Å²) in [6.07, 6.45) is 0.734. The Morgan fingerprint density at radius 3 is 2.73 bits per heavy atom. The van der Waals surface area contributed by atoms with E-state index in [4.69, 9.17) is 17.0 Å². The van der Waals surface area contributed by atoms with Crippen LogP contribution in [0.2, 0.25) is 0 Å². The predicted octanol–water partition coefficient (Wildman–Crippen LogP) is 1.30. The van der Waals surface area contributed by atoms with Gasteiger partial charge in [0.2, 0.25) is 0 Å². The first kappa shape index (κ1) is 10.7. The first-order chi connectivity index (χ1) is 6.88. The second-order valence-corrected chi connectivity index (χ2v) is 5.48. The lowest BCUT2D eigenvalue weighted by atomic mass is 9.89. The molecule has 2 atom stereocenters. The molecule has 4 nitrogen and oxygen atoms in total. The van der Waals surface area contributed by atoms with Gasteiger partial charge in [0, 0.05) is 6.54 Å². The maximum absolute atomic E-state index is 11.8. The summed E-state index contributed by atoms with van der Waals surface area (Å²) in [7, 11) is 0. The van der Waals surface area contributed by atoms with Crippen molar-refractivity contribution >= 4 is 23.3 Å². The number of carbonyl (C=O) groups excluding carboxylic acids is 1. The van der Waals surface area contributed by atoms with Crippen molar-refractivity contribution in [1.29, 1.82) is 0 Å². The van der Waals surface area contributed by atoms with Gasteiger partial charge in [-0.25, -0.2) is 4.79 Å². The molecule has 0 saturated carbocycles.